The van der Waals surface area contributed by atoms with Crippen molar-refractivity contribution in [2.45, 2.75) is 0 Å². The molecular formula is C7H6O3Pb. The molecule has 1 aromatic rings. The van der Waals surface area contributed by atoms with Crippen molar-refractivity contribution < 1.29 is 15.0 Å². The van der Waals surface area contributed by atoms with Gasteiger partial charge in [0, 0.05) is 33.4 Å². The fraction of sp³-hybridized carbons (Fsp3) is 0. The summed E-state index contributed by atoms with van der Waals surface area (Å²) in [5, 5.41) is 17.7. The molecule has 4 radical (unpaired) electrons. The second-order valence-corrected chi connectivity index (χ2v) is 1.86. The Kier molecular flexibility index (Phi) is 4.09. The molecule has 0 spiro atoms. The number of carbonyl (C=O) groups excluding carboxylic acids is 1. The Morgan fingerprint density at radius 2 is 1.91 bits per heavy atom. The van der Waals surface area contributed by atoms with Crippen molar-refractivity contribution in [3.05, 3.63) is 23.8 Å². The molecule has 2 N–H and O–H groups in total. The molecule has 0 aliphatic rings. The molecule has 1 aromatic carbocycles. The van der Waals surface area contributed by atoms with Gasteiger partial charge in [-0.3, -0.25) is 4.79 Å². The van der Waals surface area contributed by atoms with Crippen LogP contribution in [0.2, 0.25) is 0 Å². The second kappa shape index (κ2) is 4.32. The van der Waals surface area contributed by atoms with E-state index in [1.165, 1.54) is 12.1 Å². The zero-order valence-electron chi connectivity index (χ0n) is 5.61. The Morgan fingerprint density at radius 1 is 1.27 bits per heavy atom. The molecule has 1 rings (SSSR count). The molecule has 0 atom stereocenters. The zero-order chi connectivity index (χ0) is 7.56. The Balaban J connectivity index is 0.000001000. The van der Waals surface area contributed by atoms with Crippen molar-refractivity contribution in [3.8, 4) is 11.5 Å². The number of aldehydes is 1. The van der Waals surface area contributed by atoms with E-state index in [4.69, 9.17) is 10.2 Å². The van der Waals surface area contributed by atoms with Crippen LogP contribution in [0.1, 0.15) is 10.4 Å². The van der Waals surface area contributed by atoms with Gasteiger partial charge in [-0.2, -0.15) is 0 Å². The average molecular weight is 345 g/mol. The molecule has 0 unspecified atom stereocenters. The van der Waals surface area contributed by atoms with E-state index < -0.39 is 0 Å². The van der Waals surface area contributed by atoms with Gasteiger partial charge in [0.1, 0.15) is 11.5 Å². The summed E-state index contributed by atoms with van der Waals surface area (Å²) >= 11 is 0. The van der Waals surface area contributed by atoms with Crippen molar-refractivity contribution in [1.82, 2.24) is 0 Å². The third-order valence-electron chi connectivity index (χ3n) is 1.14. The largest absolute Gasteiger partial charge is 0.508 e. The molecule has 0 saturated carbocycles. The summed E-state index contributed by atoms with van der Waals surface area (Å²) in [5.41, 5.74) is 0.179. The van der Waals surface area contributed by atoms with Crippen molar-refractivity contribution in [2.75, 3.05) is 0 Å². The monoisotopic (exact) mass is 346 g/mol. The minimum atomic E-state index is -0.199. The Bertz CT molecular complexity index is 260. The number of phenols is 2. The van der Waals surface area contributed by atoms with E-state index in [2.05, 4.69) is 0 Å². The van der Waals surface area contributed by atoms with Crippen molar-refractivity contribution in [2.24, 2.45) is 0 Å². The van der Waals surface area contributed by atoms with Gasteiger partial charge >= 0.3 is 0 Å². The molecule has 0 heterocycles. The molecule has 3 nitrogen and oxygen atoms in total. The van der Waals surface area contributed by atoms with Gasteiger partial charge < -0.3 is 10.2 Å². The van der Waals surface area contributed by atoms with Crippen LogP contribution in [0.3, 0.4) is 0 Å². The van der Waals surface area contributed by atoms with Gasteiger partial charge in [-0.15, -0.1) is 0 Å². The molecule has 0 aliphatic carbocycles. The van der Waals surface area contributed by atoms with Crippen LogP contribution in [0.15, 0.2) is 18.2 Å². The summed E-state index contributed by atoms with van der Waals surface area (Å²) in [5.74, 6) is -0.252. The minimum Gasteiger partial charge on any atom is -0.508 e. The summed E-state index contributed by atoms with van der Waals surface area (Å²) < 4.78 is 0. The van der Waals surface area contributed by atoms with Crippen molar-refractivity contribution in [3.63, 3.8) is 0 Å². The minimum absolute atomic E-state index is 0. The van der Waals surface area contributed by atoms with E-state index in [0.717, 1.165) is 6.07 Å². The Labute approximate surface area is 83.8 Å². The van der Waals surface area contributed by atoms with E-state index in [1.54, 1.807) is 0 Å². The first kappa shape index (κ1) is 10.4. The quantitative estimate of drug-likeness (QED) is 0.577. The standard InChI is InChI=1S/C7H6O3.Pb/c8-4-5-1-2-6(9)3-7(5)10;/h1-4,9-10H;. The maximum absolute atomic E-state index is 10.1. The van der Waals surface area contributed by atoms with Crippen molar-refractivity contribution in [1.29, 1.82) is 0 Å². The smallest absolute Gasteiger partial charge is 0.153 e. The van der Waals surface area contributed by atoms with Crippen LogP contribution < -0.4 is 0 Å². The van der Waals surface area contributed by atoms with Crippen LogP contribution in [-0.4, -0.2) is 43.8 Å². The van der Waals surface area contributed by atoms with Gasteiger partial charge in [-0.25, -0.2) is 0 Å². The van der Waals surface area contributed by atoms with Crippen molar-refractivity contribution >= 4 is 33.6 Å². The van der Waals surface area contributed by atoms with Crippen LogP contribution in [0, 0.1) is 0 Å². The van der Waals surface area contributed by atoms with E-state index in [0.29, 0.717) is 6.29 Å². The first-order chi connectivity index (χ1) is 4.74. The maximum Gasteiger partial charge on any atom is 0.153 e. The fourth-order valence-electron chi connectivity index (χ4n) is 0.632. The first-order valence-electron chi connectivity index (χ1n) is 2.71. The summed E-state index contributed by atoms with van der Waals surface area (Å²) in [6.07, 6.45) is 0.523. The predicted octanol–water partition coefficient (Wildman–Crippen LogP) is 0.529. The van der Waals surface area contributed by atoms with Crippen LogP contribution >= 0.6 is 0 Å². The summed E-state index contributed by atoms with van der Waals surface area (Å²) in [4.78, 5) is 10.1. The van der Waals surface area contributed by atoms with Crippen LogP contribution in [0.25, 0.3) is 0 Å². The van der Waals surface area contributed by atoms with E-state index >= 15 is 0 Å². The number of carbonyl (C=O) groups is 1. The number of phenolic OH excluding ortho intramolecular Hbond substituents is 2. The van der Waals surface area contributed by atoms with Gasteiger partial charge in [0.2, 0.25) is 0 Å². The topological polar surface area (TPSA) is 57.5 Å². The molecule has 11 heavy (non-hydrogen) atoms. The van der Waals surface area contributed by atoms with Gasteiger partial charge in [0.05, 0.1) is 5.56 Å². The first-order valence-corrected chi connectivity index (χ1v) is 2.71. The fourth-order valence-corrected chi connectivity index (χ4v) is 0.632. The normalized spacial score (nSPS) is 8.36. The molecule has 56 valence electrons. The molecule has 0 fully saturated rings. The van der Waals surface area contributed by atoms with Crippen LogP contribution in [-0.2, 0) is 0 Å². The van der Waals surface area contributed by atoms with Gasteiger partial charge in [0.15, 0.2) is 6.29 Å². The third kappa shape index (κ3) is 2.49. The van der Waals surface area contributed by atoms with Crippen LogP contribution in [0.4, 0.5) is 0 Å². The molecule has 4 heteroatoms. The summed E-state index contributed by atoms with van der Waals surface area (Å²) in [6.45, 7) is 0. The van der Waals surface area contributed by atoms with Gasteiger partial charge in [0.25, 0.3) is 0 Å². The molecule has 0 aliphatic heterocycles. The average Bonchev–Trinajstić information content (AvgIpc) is 1.88. The second-order valence-electron chi connectivity index (χ2n) is 1.86. The number of aromatic hydroxyl groups is 2. The number of benzene rings is 1. The maximum atomic E-state index is 10.1. The van der Waals surface area contributed by atoms with E-state index in [9.17, 15) is 4.79 Å². The molecule has 0 saturated heterocycles. The third-order valence-corrected chi connectivity index (χ3v) is 1.14. The SMILES string of the molecule is O=Cc1ccc(O)cc1O.[Pb]. The summed E-state index contributed by atoms with van der Waals surface area (Å²) in [7, 11) is 0. The number of hydrogen-bond acceptors (Lipinski definition) is 3. The molecule has 0 aromatic heterocycles. The van der Waals surface area contributed by atoms with E-state index in [1.807, 2.05) is 0 Å². The molecular weight excluding hydrogens is 339 g/mol. The number of rotatable bonds is 1. The predicted molar refractivity (Wildman–Crippen MR) is 40.9 cm³/mol. The molecule has 0 bridgehead atoms. The Morgan fingerprint density at radius 3 is 2.36 bits per heavy atom. The van der Waals surface area contributed by atoms with Gasteiger partial charge in [-0.1, -0.05) is 0 Å². The van der Waals surface area contributed by atoms with Crippen LogP contribution in [0.5, 0.6) is 11.5 Å². The zero-order valence-corrected chi connectivity index (χ0v) is 9.50. The Hall–Kier alpha value is -0.588. The van der Waals surface area contributed by atoms with E-state index in [-0.39, 0.29) is 44.4 Å². The number of hydrogen-bond donors (Lipinski definition) is 2. The molecule has 0 amide bonds. The summed E-state index contributed by atoms with van der Waals surface area (Å²) in [6, 6.07) is 3.80. The van der Waals surface area contributed by atoms with Gasteiger partial charge in [-0.05, 0) is 12.1 Å².